The predicted octanol–water partition coefficient (Wildman–Crippen LogP) is 6.67. The molecule has 17 heteroatoms. The van der Waals surface area contributed by atoms with E-state index < -0.39 is 59.4 Å². The van der Waals surface area contributed by atoms with E-state index in [1.807, 2.05) is 0 Å². The van der Waals surface area contributed by atoms with Gasteiger partial charge in [0.25, 0.3) is 0 Å². The number of benzene rings is 1. The zero-order valence-electron chi connectivity index (χ0n) is 23.2. The molecule has 0 spiro atoms. The van der Waals surface area contributed by atoms with Gasteiger partial charge in [0.1, 0.15) is 17.2 Å². The first-order chi connectivity index (χ1) is 20.2. The number of nitrogens with two attached hydrogens (primary N) is 1. The van der Waals surface area contributed by atoms with E-state index in [0.29, 0.717) is 23.1 Å². The molecule has 0 bridgehead atoms. The summed E-state index contributed by atoms with van der Waals surface area (Å²) in [4.78, 5) is 26.7. The van der Waals surface area contributed by atoms with Crippen molar-refractivity contribution in [3.05, 3.63) is 76.1 Å². The fraction of sp³-hybridized carbons (Fsp3) is 0.407. The van der Waals surface area contributed by atoms with Crippen molar-refractivity contribution in [2.45, 2.75) is 56.3 Å². The monoisotopic (exact) mass is 636 g/mol. The minimum absolute atomic E-state index is 0.00333. The van der Waals surface area contributed by atoms with Crippen LogP contribution in [0.25, 0.3) is 0 Å². The average molecular weight is 637 g/mol. The van der Waals surface area contributed by atoms with Crippen molar-refractivity contribution in [2.24, 2.45) is 5.73 Å². The SMILES string of the molecule is CC[C@]1(N)C[C@H](c2ncc(N(C)C)c(Cc3cc(C(F)(F)F)cc(C(F)(F)F)c3)n2)c2nc(C(F)(F)F)ccc2N1C(=O)O. The van der Waals surface area contributed by atoms with E-state index in [2.05, 4.69) is 15.0 Å². The van der Waals surface area contributed by atoms with Gasteiger partial charge in [-0.05, 0) is 48.7 Å². The molecule has 238 valence electrons. The Bertz CT molecular complexity index is 1540. The van der Waals surface area contributed by atoms with E-state index in [1.54, 1.807) is 6.92 Å². The van der Waals surface area contributed by atoms with E-state index in [4.69, 9.17) is 5.73 Å². The maximum absolute atomic E-state index is 13.6. The molecule has 4 rings (SSSR count). The Labute approximate surface area is 244 Å². The molecular formula is C27H25F9N6O2. The van der Waals surface area contributed by atoms with Crippen molar-refractivity contribution in [1.82, 2.24) is 15.0 Å². The number of pyridine rings is 1. The third kappa shape index (κ3) is 6.37. The van der Waals surface area contributed by atoms with Crippen LogP contribution in [0.2, 0.25) is 0 Å². The Morgan fingerprint density at radius 3 is 2.07 bits per heavy atom. The average Bonchev–Trinajstić information content (AvgIpc) is 2.90. The number of rotatable bonds is 5. The van der Waals surface area contributed by atoms with Gasteiger partial charge in [-0.25, -0.2) is 19.7 Å². The number of fused-ring (bicyclic) bond motifs is 1. The van der Waals surface area contributed by atoms with Crippen LogP contribution in [0.1, 0.15) is 65.3 Å². The maximum atomic E-state index is 13.6. The quantitative estimate of drug-likeness (QED) is 0.301. The van der Waals surface area contributed by atoms with Crippen molar-refractivity contribution < 1.29 is 49.4 Å². The molecular weight excluding hydrogens is 611 g/mol. The third-order valence-electron chi connectivity index (χ3n) is 7.25. The number of halogens is 9. The highest BCUT2D eigenvalue weighted by Crippen LogP contribution is 2.46. The van der Waals surface area contributed by atoms with E-state index >= 15 is 0 Å². The molecule has 1 aliphatic heterocycles. The van der Waals surface area contributed by atoms with Crippen LogP contribution in [0, 0.1) is 0 Å². The van der Waals surface area contributed by atoms with Crippen LogP contribution in [0.15, 0.2) is 36.5 Å². The van der Waals surface area contributed by atoms with Gasteiger partial charge in [0.15, 0.2) is 0 Å². The summed E-state index contributed by atoms with van der Waals surface area (Å²) >= 11 is 0. The number of nitrogens with zero attached hydrogens (tertiary/aromatic N) is 5. The molecule has 3 heterocycles. The first-order valence-electron chi connectivity index (χ1n) is 12.9. The molecule has 2 atom stereocenters. The van der Waals surface area contributed by atoms with E-state index in [1.165, 1.54) is 25.2 Å². The second-order valence-corrected chi connectivity index (χ2v) is 10.5. The van der Waals surface area contributed by atoms with E-state index in [-0.39, 0.29) is 53.1 Å². The number of hydrogen-bond acceptors (Lipinski definition) is 6. The van der Waals surface area contributed by atoms with Crippen molar-refractivity contribution in [2.75, 3.05) is 23.9 Å². The number of alkyl halides is 9. The molecule has 0 saturated carbocycles. The molecule has 44 heavy (non-hydrogen) atoms. The van der Waals surface area contributed by atoms with Gasteiger partial charge in [-0.2, -0.15) is 39.5 Å². The molecule has 0 radical (unpaired) electrons. The van der Waals surface area contributed by atoms with Crippen LogP contribution in [-0.4, -0.2) is 45.9 Å². The lowest BCUT2D eigenvalue weighted by molar-refractivity contribution is -0.143. The Morgan fingerprint density at radius 2 is 1.59 bits per heavy atom. The van der Waals surface area contributed by atoms with Gasteiger partial charge in [-0.1, -0.05) is 6.92 Å². The second kappa shape index (κ2) is 11.1. The van der Waals surface area contributed by atoms with Crippen LogP contribution in [-0.2, 0) is 24.9 Å². The molecule has 1 aromatic carbocycles. The number of amides is 1. The van der Waals surface area contributed by atoms with Gasteiger partial charge in [0.05, 0.1) is 46.0 Å². The number of carboxylic acid groups (broad SMARTS) is 1. The zero-order valence-corrected chi connectivity index (χ0v) is 23.2. The molecule has 0 aliphatic carbocycles. The minimum atomic E-state index is -5.09. The molecule has 0 saturated heterocycles. The molecule has 1 amide bonds. The van der Waals surface area contributed by atoms with Gasteiger partial charge in [-0.3, -0.25) is 4.90 Å². The fourth-order valence-corrected chi connectivity index (χ4v) is 5.07. The van der Waals surface area contributed by atoms with Crippen LogP contribution in [0.5, 0.6) is 0 Å². The van der Waals surface area contributed by atoms with E-state index in [0.717, 1.165) is 6.07 Å². The summed E-state index contributed by atoms with van der Waals surface area (Å²) in [5.41, 5.74) is -0.443. The fourth-order valence-electron chi connectivity index (χ4n) is 5.07. The highest BCUT2D eigenvalue weighted by atomic mass is 19.4. The van der Waals surface area contributed by atoms with Gasteiger partial charge in [-0.15, -0.1) is 0 Å². The molecule has 0 unspecified atom stereocenters. The Balaban J connectivity index is 1.92. The Kier molecular flexibility index (Phi) is 8.25. The summed E-state index contributed by atoms with van der Waals surface area (Å²) < 4.78 is 122. The summed E-state index contributed by atoms with van der Waals surface area (Å²) in [5.74, 6) is -1.43. The van der Waals surface area contributed by atoms with Crippen LogP contribution < -0.4 is 15.5 Å². The van der Waals surface area contributed by atoms with Gasteiger partial charge in [0, 0.05) is 20.5 Å². The molecule has 0 fully saturated rings. The lowest BCUT2D eigenvalue weighted by atomic mass is 9.83. The zero-order chi connectivity index (χ0) is 33.0. The summed E-state index contributed by atoms with van der Waals surface area (Å²) in [6.45, 7) is 1.56. The molecule has 8 nitrogen and oxygen atoms in total. The standard InChI is InChI=1S/C27H25F9N6O2/c1-4-24(37)11-16(21-18(42(24)23(43)44)5-6-20(40-21)27(34,35)36)22-38-12-19(41(2)3)17(39-22)9-13-7-14(25(28,29)30)10-15(8-13)26(31,32)33/h5-8,10,12,16H,4,9,11,37H2,1-3H3,(H,43,44)/t16-,24+/m0/s1. The topological polar surface area (TPSA) is 108 Å². The number of anilines is 2. The first-order valence-corrected chi connectivity index (χ1v) is 12.9. The summed E-state index contributed by atoms with van der Waals surface area (Å²) in [5, 5.41) is 9.90. The van der Waals surface area contributed by atoms with Crippen LogP contribution in [0.3, 0.4) is 0 Å². The minimum Gasteiger partial charge on any atom is -0.465 e. The van der Waals surface area contributed by atoms with Crippen LogP contribution >= 0.6 is 0 Å². The molecule has 2 aromatic heterocycles. The van der Waals surface area contributed by atoms with E-state index in [9.17, 15) is 49.4 Å². The maximum Gasteiger partial charge on any atom is 0.433 e. The van der Waals surface area contributed by atoms with Gasteiger partial charge in [0.2, 0.25) is 0 Å². The Morgan fingerprint density at radius 1 is 1.00 bits per heavy atom. The first kappa shape index (κ1) is 32.8. The molecule has 1 aliphatic rings. The normalized spacial score (nSPS) is 19.1. The molecule has 3 aromatic rings. The third-order valence-corrected chi connectivity index (χ3v) is 7.25. The Hall–Kier alpha value is -4.15. The van der Waals surface area contributed by atoms with Crippen molar-refractivity contribution in [1.29, 1.82) is 0 Å². The number of hydrogen-bond donors (Lipinski definition) is 2. The number of carbonyl (C=O) groups is 1. The largest absolute Gasteiger partial charge is 0.465 e. The van der Waals surface area contributed by atoms with Crippen LogP contribution in [0.4, 0.5) is 55.7 Å². The lowest BCUT2D eigenvalue weighted by Gasteiger charge is -2.45. The summed E-state index contributed by atoms with van der Waals surface area (Å²) in [6, 6.07) is 2.61. The van der Waals surface area contributed by atoms with Gasteiger partial charge >= 0.3 is 24.6 Å². The lowest BCUT2D eigenvalue weighted by Crippen LogP contribution is -2.61. The van der Waals surface area contributed by atoms with Crippen molar-refractivity contribution >= 4 is 17.5 Å². The molecule has 3 N–H and O–H groups in total. The second-order valence-electron chi connectivity index (χ2n) is 10.5. The van der Waals surface area contributed by atoms with Gasteiger partial charge < -0.3 is 15.7 Å². The highest BCUT2D eigenvalue weighted by molar-refractivity contribution is 5.89. The predicted molar refractivity (Wildman–Crippen MR) is 139 cm³/mol. The smallest absolute Gasteiger partial charge is 0.433 e. The van der Waals surface area contributed by atoms with Crippen molar-refractivity contribution in [3.63, 3.8) is 0 Å². The number of aromatic nitrogens is 3. The highest BCUT2D eigenvalue weighted by Gasteiger charge is 2.48. The summed E-state index contributed by atoms with van der Waals surface area (Å²) in [6.07, 6.45) is -16.3. The van der Waals surface area contributed by atoms with Crippen molar-refractivity contribution in [3.8, 4) is 0 Å². The summed E-state index contributed by atoms with van der Waals surface area (Å²) in [7, 11) is 3.05.